The number of nitrogens with one attached hydrogen (secondary N) is 1. The van der Waals surface area contributed by atoms with E-state index in [9.17, 15) is 0 Å². The minimum Gasteiger partial charge on any atom is -0.376 e. The van der Waals surface area contributed by atoms with Crippen LogP contribution in [0.5, 0.6) is 0 Å². The number of anilines is 1. The zero-order valence-electron chi connectivity index (χ0n) is 11.7. The van der Waals surface area contributed by atoms with Gasteiger partial charge in [0, 0.05) is 18.9 Å². The normalized spacial score (nSPS) is 17.8. The Hall–Kier alpha value is -0.530. The Balaban J connectivity index is 1.49. The fourth-order valence-electron chi connectivity index (χ4n) is 2.12. The highest BCUT2D eigenvalue weighted by atomic mass is 35.5. The van der Waals surface area contributed by atoms with Gasteiger partial charge in [-0.3, -0.25) is 0 Å². The fraction of sp³-hybridized carbons (Fsp3) is 0.429. The summed E-state index contributed by atoms with van der Waals surface area (Å²) in [4.78, 5) is 0. The van der Waals surface area contributed by atoms with Crippen molar-refractivity contribution in [3.8, 4) is 0 Å². The van der Waals surface area contributed by atoms with Crippen molar-refractivity contribution in [1.82, 2.24) is 10.2 Å². The van der Waals surface area contributed by atoms with E-state index >= 15 is 0 Å². The standard InChI is InChI=1S/C14H15Cl2N3OS2/c15-11-4-3-9(6-12(11)16)8-21-14-19-18-13(22-14)17-7-10-2-1-5-20-10/h3-4,6,10H,1-2,5,7-8H2,(H,17,18). The second-order valence-electron chi connectivity index (χ2n) is 4.93. The van der Waals surface area contributed by atoms with Gasteiger partial charge in [0.25, 0.3) is 0 Å². The molecule has 4 nitrogen and oxygen atoms in total. The zero-order valence-corrected chi connectivity index (χ0v) is 14.9. The van der Waals surface area contributed by atoms with Gasteiger partial charge in [-0.2, -0.15) is 0 Å². The lowest BCUT2D eigenvalue weighted by Gasteiger charge is -2.08. The molecule has 8 heteroatoms. The molecule has 1 saturated heterocycles. The minimum atomic E-state index is 0.302. The Morgan fingerprint density at radius 1 is 1.32 bits per heavy atom. The molecule has 1 N–H and O–H groups in total. The van der Waals surface area contributed by atoms with Crippen molar-refractivity contribution in [2.45, 2.75) is 29.0 Å². The predicted molar refractivity (Wildman–Crippen MR) is 93.4 cm³/mol. The van der Waals surface area contributed by atoms with E-state index in [1.807, 2.05) is 18.2 Å². The number of hydrogen-bond donors (Lipinski definition) is 1. The van der Waals surface area contributed by atoms with Gasteiger partial charge < -0.3 is 10.1 Å². The lowest BCUT2D eigenvalue weighted by Crippen LogP contribution is -2.18. The van der Waals surface area contributed by atoms with Crippen LogP contribution in [0.1, 0.15) is 18.4 Å². The minimum absolute atomic E-state index is 0.302. The van der Waals surface area contributed by atoms with Crippen LogP contribution in [-0.4, -0.2) is 29.5 Å². The monoisotopic (exact) mass is 375 g/mol. The second kappa shape index (κ2) is 7.84. The van der Waals surface area contributed by atoms with E-state index in [-0.39, 0.29) is 0 Å². The van der Waals surface area contributed by atoms with Gasteiger partial charge in [0.05, 0.1) is 16.1 Å². The van der Waals surface area contributed by atoms with Crippen LogP contribution in [0.25, 0.3) is 0 Å². The van der Waals surface area contributed by atoms with E-state index < -0.39 is 0 Å². The summed E-state index contributed by atoms with van der Waals surface area (Å²) in [5, 5.41) is 13.6. The Morgan fingerprint density at radius 2 is 2.23 bits per heavy atom. The molecule has 2 heterocycles. The molecule has 0 aliphatic carbocycles. The summed E-state index contributed by atoms with van der Waals surface area (Å²) in [6.07, 6.45) is 2.56. The molecule has 3 rings (SSSR count). The summed E-state index contributed by atoms with van der Waals surface area (Å²) in [5.41, 5.74) is 1.11. The van der Waals surface area contributed by atoms with Crippen LogP contribution < -0.4 is 5.32 Å². The molecule has 118 valence electrons. The molecule has 1 fully saturated rings. The van der Waals surface area contributed by atoms with Crippen LogP contribution >= 0.6 is 46.3 Å². The average Bonchev–Trinajstić information content (AvgIpc) is 3.17. The Bertz CT molecular complexity index is 632. The van der Waals surface area contributed by atoms with Crippen LogP contribution in [0.3, 0.4) is 0 Å². The van der Waals surface area contributed by atoms with Crippen molar-refractivity contribution >= 4 is 51.4 Å². The van der Waals surface area contributed by atoms with E-state index in [0.29, 0.717) is 16.1 Å². The fourth-order valence-corrected chi connectivity index (χ4v) is 4.14. The SMILES string of the molecule is Clc1ccc(CSc2nnc(NCC3CCCO3)s2)cc1Cl. The van der Waals surface area contributed by atoms with Gasteiger partial charge in [-0.15, -0.1) is 10.2 Å². The number of aromatic nitrogens is 2. The average molecular weight is 376 g/mol. The maximum atomic E-state index is 6.01. The molecule has 1 atom stereocenters. The van der Waals surface area contributed by atoms with Crippen molar-refractivity contribution in [1.29, 1.82) is 0 Å². The van der Waals surface area contributed by atoms with Crippen LogP contribution in [0.4, 0.5) is 5.13 Å². The van der Waals surface area contributed by atoms with E-state index in [0.717, 1.165) is 46.8 Å². The van der Waals surface area contributed by atoms with Crippen LogP contribution in [0, 0.1) is 0 Å². The second-order valence-corrected chi connectivity index (χ2v) is 7.94. The number of benzene rings is 1. The van der Waals surface area contributed by atoms with Crippen molar-refractivity contribution in [3.05, 3.63) is 33.8 Å². The molecule has 1 unspecified atom stereocenters. The third-order valence-electron chi connectivity index (χ3n) is 3.26. The lowest BCUT2D eigenvalue weighted by atomic mass is 10.2. The first kappa shape index (κ1) is 16.3. The first-order valence-electron chi connectivity index (χ1n) is 6.96. The van der Waals surface area contributed by atoms with Crippen molar-refractivity contribution in [2.75, 3.05) is 18.5 Å². The molecule has 0 saturated carbocycles. The summed E-state index contributed by atoms with van der Waals surface area (Å²) < 4.78 is 6.50. The molecule has 0 spiro atoms. The molecule has 0 bridgehead atoms. The first-order valence-corrected chi connectivity index (χ1v) is 9.52. The third-order valence-corrected chi connectivity index (χ3v) is 6.08. The number of nitrogens with zero attached hydrogens (tertiary/aromatic N) is 2. The van der Waals surface area contributed by atoms with Crippen LogP contribution in [0.2, 0.25) is 10.0 Å². The summed E-state index contributed by atoms with van der Waals surface area (Å²) >= 11 is 15.1. The summed E-state index contributed by atoms with van der Waals surface area (Å²) in [7, 11) is 0. The number of rotatable bonds is 6. The predicted octanol–water partition coefficient (Wildman–Crippen LogP) is 4.73. The van der Waals surface area contributed by atoms with Crippen molar-refractivity contribution in [3.63, 3.8) is 0 Å². The summed E-state index contributed by atoms with van der Waals surface area (Å²) in [5.74, 6) is 0.789. The van der Waals surface area contributed by atoms with Gasteiger partial charge in [-0.05, 0) is 30.5 Å². The van der Waals surface area contributed by atoms with Gasteiger partial charge in [0.1, 0.15) is 0 Å². The van der Waals surface area contributed by atoms with Gasteiger partial charge in [0.2, 0.25) is 5.13 Å². The molecule has 1 aliphatic heterocycles. The zero-order chi connectivity index (χ0) is 15.4. The highest BCUT2D eigenvalue weighted by Gasteiger charge is 2.15. The first-order chi connectivity index (χ1) is 10.7. The van der Waals surface area contributed by atoms with E-state index in [1.54, 1.807) is 23.1 Å². The number of ether oxygens (including phenoxy) is 1. The van der Waals surface area contributed by atoms with E-state index in [4.69, 9.17) is 27.9 Å². The topological polar surface area (TPSA) is 47.0 Å². The quantitative estimate of drug-likeness (QED) is 0.739. The molecule has 0 radical (unpaired) electrons. The maximum Gasteiger partial charge on any atom is 0.206 e. The molecule has 2 aromatic rings. The molecular weight excluding hydrogens is 361 g/mol. The summed E-state index contributed by atoms with van der Waals surface area (Å²) in [6, 6.07) is 5.67. The van der Waals surface area contributed by atoms with Crippen LogP contribution in [-0.2, 0) is 10.5 Å². The third kappa shape index (κ3) is 4.49. The number of hydrogen-bond acceptors (Lipinski definition) is 6. The van der Waals surface area contributed by atoms with Crippen molar-refractivity contribution in [2.24, 2.45) is 0 Å². The smallest absolute Gasteiger partial charge is 0.206 e. The van der Waals surface area contributed by atoms with Gasteiger partial charge in [0.15, 0.2) is 4.34 Å². The number of halogens is 2. The highest BCUT2D eigenvalue weighted by molar-refractivity contribution is 8.00. The highest BCUT2D eigenvalue weighted by Crippen LogP contribution is 2.30. The van der Waals surface area contributed by atoms with Gasteiger partial charge in [-0.1, -0.05) is 52.4 Å². The molecule has 1 aromatic heterocycles. The Labute approximate surface area is 147 Å². The van der Waals surface area contributed by atoms with Gasteiger partial charge >= 0.3 is 0 Å². The maximum absolute atomic E-state index is 6.01. The molecular formula is C14H15Cl2N3OS2. The van der Waals surface area contributed by atoms with Gasteiger partial charge in [-0.25, -0.2) is 0 Å². The number of thioether (sulfide) groups is 1. The molecule has 1 aliphatic rings. The summed E-state index contributed by atoms with van der Waals surface area (Å²) in [6.45, 7) is 1.67. The largest absolute Gasteiger partial charge is 0.376 e. The molecule has 0 amide bonds. The Kier molecular flexibility index (Phi) is 5.82. The van der Waals surface area contributed by atoms with Crippen molar-refractivity contribution < 1.29 is 4.74 Å². The van der Waals surface area contributed by atoms with Crippen LogP contribution in [0.15, 0.2) is 22.5 Å². The lowest BCUT2D eigenvalue weighted by molar-refractivity contribution is 0.120. The van der Waals surface area contributed by atoms with E-state index in [1.165, 1.54) is 0 Å². The Morgan fingerprint density at radius 3 is 3.00 bits per heavy atom. The van der Waals surface area contributed by atoms with E-state index in [2.05, 4.69) is 15.5 Å². The molecule has 22 heavy (non-hydrogen) atoms. The molecule has 1 aromatic carbocycles.